The summed E-state index contributed by atoms with van der Waals surface area (Å²) >= 11 is 3.16. The van der Waals surface area contributed by atoms with Crippen LogP contribution in [0.2, 0.25) is 0 Å². The predicted molar refractivity (Wildman–Crippen MR) is 78.1 cm³/mol. The number of rotatable bonds is 6. The van der Waals surface area contributed by atoms with Crippen LogP contribution in [0.3, 0.4) is 0 Å². The van der Waals surface area contributed by atoms with E-state index >= 15 is 0 Å². The van der Waals surface area contributed by atoms with Gasteiger partial charge in [-0.3, -0.25) is 0 Å². The van der Waals surface area contributed by atoms with Crippen molar-refractivity contribution < 1.29 is 16.8 Å². The minimum absolute atomic E-state index is 0.0201. The Bertz CT molecular complexity index is 656. The van der Waals surface area contributed by atoms with Crippen molar-refractivity contribution in [2.45, 2.75) is 11.8 Å². The fraction of sp³-hybridized carbons (Fsp3) is 0.400. The summed E-state index contributed by atoms with van der Waals surface area (Å²) < 4.78 is 49.3. The Labute approximate surface area is 121 Å². The maximum atomic E-state index is 12.0. The molecule has 0 aliphatic carbocycles. The Morgan fingerprint density at radius 1 is 1.26 bits per heavy atom. The first-order valence-electron chi connectivity index (χ1n) is 5.43. The highest BCUT2D eigenvalue weighted by atomic mass is 79.9. The lowest BCUT2D eigenvalue weighted by atomic mass is 10.3. The van der Waals surface area contributed by atoms with E-state index in [1.165, 1.54) is 19.1 Å². The molecule has 0 heterocycles. The van der Waals surface area contributed by atoms with Gasteiger partial charge in [0, 0.05) is 16.8 Å². The molecule has 0 unspecified atom stereocenters. The maximum Gasteiger partial charge on any atom is 0.242 e. The van der Waals surface area contributed by atoms with Crippen LogP contribution in [0.5, 0.6) is 0 Å². The largest absolute Gasteiger partial charge is 0.398 e. The number of sulfonamides is 1. The molecule has 1 aromatic carbocycles. The molecular weight excluding hydrogens is 356 g/mol. The van der Waals surface area contributed by atoms with Gasteiger partial charge in [0.15, 0.2) is 9.84 Å². The third-order valence-electron chi connectivity index (χ3n) is 2.41. The number of sulfone groups is 1. The Balaban J connectivity index is 2.85. The van der Waals surface area contributed by atoms with Gasteiger partial charge in [0.25, 0.3) is 0 Å². The Hall–Kier alpha value is -0.640. The summed E-state index contributed by atoms with van der Waals surface area (Å²) in [4.78, 5) is -0.0734. The zero-order valence-corrected chi connectivity index (χ0v) is 13.5. The minimum Gasteiger partial charge on any atom is -0.398 e. The van der Waals surface area contributed by atoms with Gasteiger partial charge in [-0.25, -0.2) is 21.6 Å². The molecule has 9 heteroatoms. The molecule has 1 aromatic rings. The van der Waals surface area contributed by atoms with E-state index < -0.39 is 19.9 Å². The normalized spacial score (nSPS) is 12.5. The van der Waals surface area contributed by atoms with Gasteiger partial charge >= 0.3 is 0 Å². The molecule has 0 bridgehead atoms. The van der Waals surface area contributed by atoms with E-state index in [0.29, 0.717) is 4.47 Å². The molecule has 0 aromatic heterocycles. The van der Waals surface area contributed by atoms with Gasteiger partial charge in [0.05, 0.1) is 11.4 Å². The summed E-state index contributed by atoms with van der Waals surface area (Å²) in [6.45, 7) is 1.33. The Kier molecular flexibility index (Phi) is 5.36. The molecule has 0 saturated heterocycles. The van der Waals surface area contributed by atoms with Gasteiger partial charge in [-0.2, -0.15) is 0 Å². The van der Waals surface area contributed by atoms with Crippen molar-refractivity contribution in [3.8, 4) is 0 Å². The molecular formula is C10H15BrN2O4S2. The number of nitrogens with two attached hydrogens (primary N) is 1. The fourth-order valence-electron chi connectivity index (χ4n) is 1.29. The lowest BCUT2D eigenvalue weighted by Gasteiger charge is -2.09. The standard InChI is InChI=1S/C10H15BrN2O4S2/c1-2-18(14,15)6-5-13-19(16,17)10-7-8(11)3-4-9(10)12/h3-4,7,13H,2,5-6,12H2,1H3. The number of nitrogens with one attached hydrogen (secondary N) is 1. The van der Waals surface area contributed by atoms with Crippen molar-refractivity contribution >= 4 is 41.5 Å². The van der Waals surface area contributed by atoms with Crippen molar-refractivity contribution in [3.05, 3.63) is 22.7 Å². The highest BCUT2D eigenvalue weighted by Crippen LogP contribution is 2.22. The number of anilines is 1. The molecule has 0 amide bonds. The van der Waals surface area contributed by atoms with Crippen LogP contribution in [0.25, 0.3) is 0 Å². The van der Waals surface area contributed by atoms with Gasteiger partial charge < -0.3 is 5.73 Å². The van der Waals surface area contributed by atoms with Gasteiger partial charge in [-0.1, -0.05) is 22.9 Å². The van der Waals surface area contributed by atoms with Crippen LogP contribution in [0.4, 0.5) is 5.69 Å². The predicted octanol–water partition coefficient (Wildman–Crippen LogP) is 0.744. The van der Waals surface area contributed by atoms with Crippen molar-refractivity contribution in [1.29, 1.82) is 0 Å². The molecule has 0 aliphatic heterocycles. The first-order chi connectivity index (χ1) is 8.68. The lowest BCUT2D eigenvalue weighted by molar-refractivity contribution is 0.581. The summed E-state index contributed by atoms with van der Waals surface area (Å²) in [6, 6.07) is 4.45. The minimum atomic E-state index is -3.81. The second-order valence-electron chi connectivity index (χ2n) is 3.82. The summed E-state index contributed by atoms with van der Waals surface area (Å²) in [5.74, 6) is -0.260. The third-order valence-corrected chi connectivity index (χ3v) is 6.13. The van der Waals surface area contributed by atoms with Gasteiger partial charge in [-0.15, -0.1) is 0 Å². The van der Waals surface area contributed by atoms with Crippen molar-refractivity contribution in [1.82, 2.24) is 4.72 Å². The summed E-state index contributed by atoms with van der Waals surface area (Å²) in [6.07, 6.45) is 0. The van der Waals surface area contributed by atoms with Gasteiger partial charge in [0.1, 0.15) is 4.90 Å². The second kappa shape index (κ2) is 6.21. The van der Waals surface area contributed by atoms with E-state index in [-0.39, 0.29) is 28.6 Å². The molecule has 1 rings (SSSR count). The molecule has 0 spiro atoms. The number of nitrogen functional groups attached to an aromatic ring is 1. The van der Waals surface area contributed by atoms with Crippen LogP contribution in [0, 0.1) is 0 Å². The van der Waals surface area contributed by atoms with E-state index in [4.69, 9.17) is 5.73 Å². The third kappa shape index (κ3) is 4.75. The van der Waals surface area contributed by atoms with Gasteiger partial charge in [0.2, 0.25) is 10.0 Å². The highest BCUT2D eigenvalue weighted by Gasteiger charge is 2.18. The quantitative estimate of drug-likeness (QED) is 0.718. The number of hydrogen-bond donors (Lipinski definition) is 2. The lowest BCUT2D eigenvalue weighted by Crippen LogP contribution is -2.30. The van der Waals surface area contributed by atoms with Crippen molar-refractivity contribution in [3.63, 3.8) is 0 Å². The Morgan fingerprint density at radius 3 is 2.47 bits per heavy atom. The molecule has 19 heavy (non-hydrogen) atoms. The molecule has 0 aliphatic rings. The number of benzene rings is 1. The van der Waals surface area contributed by atoms with Crippen LogP contribution in [0.15, 0.2) is 27.6 Å². The van der Waals surface area contributed by atoms with Crippen molar-refractivity contribution in [2.24, 2.45) is 0 Å². The number of halogens is 1. The van der Waals surface area contributed by atoms with Crippen LogP contribution >= 0.6 is 15.9 Å². The molecule has 0 atom stereocenters. The first kappa shape index (κ1) is 16.4. The summed E-state index contributed by atoms with van der Waals surface area (Å²) in [5, 5.41) is 0. The second-order valence-corrected chi connectivity index (χ2v) is 8.94. The first-order valence-corrected chi connectivity index (χ1v) is 9.53. The summed E-state index contributed by atoms with van der Waals surface area (Å²) in [5.41, 5.74) is 5.71. The van der Waals surface area contributed by atoms with Gasteiger partial charge in [-0.05, 0) is 18.2 Å². The molecule has 0 radical (unpaired) electrons. The maximum absolute atomic E-state index is 12.0. The SMILES string of the molecule is CCS(=O)(=O)CCNS(=O)(=O)c1cc(Br)ccc1N. The zero-order valence-electron chi connectivity index (χ0n) is 10.3. The number of hydrogen-bond acceptors (Lipinski definition) is 5. The van der Waals surface area contributed by atoms with Crippen LogP contribution in [-0.4, -0.2) is 34.9 Å². The van der Waals surface area contributed by atoms with E-state index in [1.54, 1.807) is 6.07 Å². The van der Waals surface area contributed by atoms with Crippen LogP contribution in [0.1, 0.15) is 6.92 Å². The van der Waals surface area contributed by atoms with E-state index in [0.717, 1.165) is 0 Å². The van der Waals surface area contributed by atoms with E-state index in [9.17, 15) is 16.8 Å². The van der Waals surface area contributed by atoms with E-state index in [2.05, 4.69) is 20.7 Å². The Morgan fingerprint density at radius 2 is 1.89 bits per heavy atom. The molecule has 0 fully saturated rings. The average Bonchev–Trinajstić information content (AvgIpc) is 2.31. The highest BCUT2D eigenvalue weighted by molar-refractivity contribution is 9.10. The molecule has 108 valence electrons. The monoisotopic (exact) mass is 370 g/mol. The van der Waals surface area contributed by atoms with E-state index in [1.807, 2.05) is 0 Å². The van der Waals surface area contributed by atoms with Crippen molar-refractivity contribution in [2.75, 3.05) is 23.8 Å². The fourth-order valence-corrected chi connectivity index (χ4v) is 3.82. The topological polar surface area (TPSA) is 106 Å². The molecule has 0 saturated carbocycles. The van der Waals surface area contributed by atoms with Crippen LogP contribution in [-0.2, 0) is 19.9 Å². The summed E-state index contributed by atoms with van der Waals surface area (Å²) in [7, 11) is -7.02. The average molecular weight is 371 g/mol. The molecule has 3 N–H and O–H groups in total. The smallest absolute Gasteiger partial charge is 0.242 e. The molecule has 6 nitrogen and oxygen atoms in total. The zero-order chi connectivity index (χ0) is 14.7. The van der Waals surface area contributed by atoms with Crippen LogP contribution < -0.4 is 10.5 Å².